The van der Waals surface area contributed by atoms with Crippen molar-refractivity contribution >= 4 is 11.9 Å². The molecule has 3 aliphatic heterocycles. The van der Waals surface area contributed by atoms with Crippen molar-refractivity contribution in [2.75, 3.05) is 13.2 Å². The summed E-state index contributed by atoms with van der Waals surface area (Å²) >= 11 is 0. The lowest BCUT2D eigenvalue weighted by Crippen LogP contribution is -2.36. The minimum atomic E-state index is -0.276. The monoisotopic (exact) mass is 450 g/mol. The molecule has 1 aliphatic carbocycles. The summed E-state index contributed by atoms with van der Waals surface area (Å²) in [5.74, 6) is 0.889. The first-order valence-corrected chi connectivity index (χ1v) is 11.8. The molecule has 2 aromatic rings. The van der Waals surface area contributed by atoms with Gasteiger partial charge in [-0.15, -0.1) is 5.10 Å². The first-order valence-electron chi connectivity index (χ1n) is 11.8. The molecule has 1 aromatic carbocycles. The van der Waals surface area contributed by atoms with Crippen molar-refractivity contribution in [2.24, 2.45) is 11.1 Å². The zero-order valence-corrected chi connectivity index (χ0v) is 19.0. The third-order valence-electron chi connectivity index (χ3n) is 7.49. The highest BCUT2D eigenvalue weighted by Gasteiger charge is 2.48. The van der Waals surface area contributed by atoms with Crippen LogP contribution in [0.15, 0.2) is 29.5 Å². The normalized spacial score (nSPS) is 21.0. The van der Waals surface area contributed by atoms with Crippen LogP contribution in [0, 0.1) is 5.41 Å². The van der Waals surface area contributed by atoms with Crippen LogP contribution in [0.2, 0.25) is 0 Å². The third-order valence-corrected chi connectivity index (χ3v) is 7.49. The van der Waals surface area contributed by atoms with E-state index in [-0.39, 0.29) is 23.9 Å². The van der Waals surface area contributed by atoms with Crippen LogP contribution >= 0.6 is 0 Å². The number of carbonyl (C=O) groups excluding carboxylic acids is 2. The summed E-state index contributed by atoms with van der Waals surface area (Å²) in [5, 5.41) is 11.6. The van der Waals surface area contributed by atoms with Crippen LogP contribution in [-0.4, -0.2) is 50.1 Å². The van der Waals surface area contributed by atoms with Gasteiger partial charge in [0.15, 0.2) is 5.82 Å². The second kappa shape index (κ2) is 8.70. The largest absolute Gasteiger partial charge is 0.456 e. The molecule has 1 spiro atoms. The number of rotatable bonds is 2. The molecule has 0 radical (unpaired) electrons. The van der Waals surface area contributed by atoms with Crippen LogP contribution in [0.4, 0.5) is 0 Å². The maximum absolute atomic E-state index is 12.6. The molecule has 2 N–H and O–H groups in total. The highest BCUT2D eigenvalue weighted by Crippen LogP contribution is 2.46. The molecular formula is C24H30N6O3. The Bertz CT molecular complexity index is 1120. The van der Waals surface area contributed by atoms with Crippen molar-refractivity contribution in [1.82, 2.24) is 25.1 Å². The average molecular weight is 451 g/mol. The van der Waals surface area contributed by atoms with E-state index in [1.807, 2.05) is 17.0 Å². The number of aromatic nitrogens is 4. The van der Waals surface area contributed by atoms with Gasteiger partial charge in [-0.3, -0.25) is 4.79 Å². The van der Waals surface area contributed by atoms with Crippen molar-refractivity contribution in [3.8, 4) is 5.69 Å². The first-order chi connectivity index (χ1) is 16.0. The standard InChI is InChI=1S/C14H19NO3.C10H11N5/c1-10-11(9-18-12(10)16)15-8-7-14(13(15)17)5-3-2-4-6-14;11-6-7-1-3-9-8(5-7)2-4-10-12-13-14-15(9)10/h2-9H2,1H3;1,3,5H,2,4,6,11H2. The van der Waals surface area contributed by atoms with E-state index < -0.39 is 0 Å². The van der Waals surface area contributed by atoms with Gasteiger partial charge < -0.3 is 15.4 Å². The Balaban J connectivity index is 0.000000140. The summed E-state index contributed by atoms with van der Waals surface area (Å²) in [6, 6.07) is 6.20. The molecule has 1 saturated heterocycles. The number of carbonyl (C=O) groups is 2. The van der Waals surface area contributed by atoms with E-state index >= 15 is 0 Å². The minimum absolute atomic E-state index is 0.128. The van der Waals surface area contributed by atoms with Crippen LogP contribution in [0.1, 0.15) is 62.4 Å². The van der Waals surface area contributed by atoms with Gasteiger partial charge in [0, 0.05) is 19.5 Å². The minimum Gasteiger partial charge on any atom is -0.456 e. The van der Waals surface area contributed by atoms with Crippen LogP contribution in [0.5, 0.6) is 0 Å². The number of aryl methyl sites for hydroxylation is 2. The summed E-state index contributed by atoms with van der Waals surface area (Å²) in [5.41, 5.74) is 10.4. The number of esters is 1. The Labute approximate surface area is 193 Å². The van der Waals surface area contributed by atoms with E-state index in [9.17, 15) is 9.59 Å². The lowest BCUT2D eigenvalue weighted by Gasteiger charge is -2.31. The fraction of sp³-hybridized carbons (Fsp3) is 0.542. The molecule has 9 heteroatoms. The number of benzene rings is 1. The SMILES string of the molecule is CC1=C(N2CCC3(CCCCC3)C2=O)COC1=O.NCc1ccc2c(c1)CCc1nnnn1-2. The van der Waals surface area contributed by atoms with Crippen LogP contribution in [0.3, 0.4) is 0 Å². The van der Waals surface area contributed by atoms with Crippen LogP contribution in [0.25, 0.3) is 5.69 Å². The van der Waals surface area contributed by atoms with E-state index in [0.717, 1.165) is 74.3 Å². The van der Waals surface area contributed by atoms with Crippen molar-refractivity contribution in [1.29, 1.82) is 0 Å². The Kier molecular flexibility index (Phi) is 5.74. The maximum Gasteiger partial charge on any atom is 0.336 e. The molecule has 4 heterocycles. The van der Waals surface area contributed by atoms with E-state index in [1.165, 1.54) is 12.0 Å². The molecule has 0 bridgehead atoms. The summed E-state index contributed by atoms with van der Waals surface area (Å²) in [6.07, 6.45) is 8.43. The molecule has 0 unspecified atom stereocenters. The Morgan fingerprint density at radius 1 is 1.12 bits per heavy atom. The van der Waals surface area contributed by atoms with Gasteiger partial charge in [-0.25, -0.2) is 4.79 Å². The highest BCUT2D eigenvalue weighted by molar-refractivity contribution is 5.94. The summed E-state index contributed by atoms with van der Waals surface area (Å²) < 4.78 is 6.81. The van der Waals surface area contributed by atoms with Crippen molar-refractivity contribution < 1.29 is 14.3 Å². The topological polar surface area (TPSA) is 116 Å². The number of fused-ring (bicyclic) bond motifs is 3. The van der Waals surface area contributed by atoms with Gasteiger partial charge >= 0.3 is 5.97 Å². The second-order valence-electron chi connectivity index (χ2n) is 9.37. The third kappa shape index (κ3) is 3.84. The van der Waals surface area contributed by atoms with Crippen molar-refractivity contribution in [3.05, 3.63) is 46.4 Å². The number of hydrogen-bond acceptors (Lipinski definition) is 7. The van der Waals surface area contributed by atoms with E-state index in [0.29, 0.717) is 12.1 Å². The quantitative estimate of drug-likeness (QED) is 0.697. The number of hydrogen-bond donors (Lipinski definition) is 1. The van der Waals surface area contributed by atoms with Gasteiger partial charge in [-0.1, -0.05) is 31.4 Å². The number of ether oxygens (including phenoxy) is 1. The first kappa shape index (κ1) is 21.8. The number of nitrogens with zero attached hydrogens (tertiary/aromatic N) is 5. The van der Waals surface area contributed by atoms with Gasteiger partial charge in [0.2, 0.25) is 5.91 Å². The van der Waals surface area contributed by atoms with E-state index in [4.69, 9.17) is 10.5 Å². The molecular weight excluding hydrogens is 420 g/mol. The smallest absolute Gasteiger partial charge is 0.336 e. The number of amides is 1. The average Bonchev–Trinajstić information content (AvgIpc) is 3.54. The predicted octanol–water partition coefficient (Wildman–Crippen LogP) is 2.22. The molecule has 9 nitrogen and oxygen atoms in total. The number of cyclic esters (lactones) is 1. The lowest BCUT2D eigenvalue weighted by atomic mass is 9.73. The second-order valence-corrected chi connectivity index (χ2v) is 9.37. The predicted molar refractivity (Wildman–Crippen MR) is 120 cm³/mol. The lowest BCUT2D eigenvalue weighted by molar-refractivity contribution is -0.138. The van der Waals surface area contributed by atoms with Gasteiger partial charge in [0.05, 0.1) is 22.4 Å². The molecule has 1 aromatic heterocycles. The fourth-order valence-corrected chi connectivity index (χ4v) is 5.49. The molecule has 174 valence electrons. The zero-order chi connectivity index (χ0) is 23.0. The molecule has 4 aliphatic rings. The molecule has 33 heavy (non-hydrogen) atoms. The van der Waals surface area contributed by atoms with Crippen LogP contribution < -0.4 is 5.73 Å². The Hall–Kier alpha value is -3.07. The van der Waals surface area contributed by atoms with E-state index in [2.05, 4.69) is 21.6 Å². The van der Waals surface area contributed by atoms with Gasteiger partial charge in [0.1, 0.15) is 6.61 Å². The summed E-state index contributed by atoms with van der Waals surface area (Å²) in [7, 11) is 0. The molecule has 1 amide bonds. The summed E-state index contributed by atoms with van der Waals surface area (Å²) in [4.78, 5) is 25.9. The number of nitrogens with two attached hydrogens (primary N) is 1. The van der Waals surface area contributed by atoms with Gasteiger partial charge in [-0.2, -0.15) is 4.68 Å². The van der Waals surface area contributed by atoms with Gasteiger partial charge in [-0.05, 0) is 60.2 Å². The maximum atomic E-state index is 12.6. The van der Waals surface area contributed by atoms with Crippen molar-refractivity contribution in [3.63, 3.8) is 0 Å². The number of tetrazole rings is 1. The fourth-order valence-electron chi connectivity index (χ4n) is 5.49. The summed E-state index contributed by atoms with van der Waals surface area (Å²) in [6.45, 7) is 3.36. The number of likely N-dealkylation sites (tertiary alicyclic amines) is 1. The molecule has 0 atom stereocenters. The Morgan fingerprint density at radius 2 is 1.94 bits per heavy atom. The van der Waals surface area contributed by atoms with Gasteiger partial charge in [0.25, 0.3) is 0 Å². The Morgan fingerprint density at radius 3 is 2.67 bits per heavy atom. The zero-order valence-electron chi connectivity index (χ0n) is 19.0. The molecule has 2 fully saturated rings. The highest BCUT2D eigenvalue weighted by atomic mass is 16.5. The van der Waals surface area contributed by atoms with Crippen molar-refractivity contribution in [2.45, 2.75) is 64.8 Å². The van der Waals surface area contributed by atoms with Crippen LogP contribution in [-0.2, 0) is 33.7 Å². The molecule has 1 saturated carbocycles. The van der Waals surface area contributed by atoms with E-state index in [1.54, 1.807) is 11.6 Å². The molecule has 6 rings (SSSR count).